The Bertz CT molecular complexity index is 594. The first-order chi connectivity index (χ1) is 10.5. The van der Waals surface area contributed by atoms with Gasteiger partial charge in [-0.25, -0.2) is 9.78 Å². The third-order valence-electron chi connectivity index (χ3n) is 3.66. The Hall–Kier alpha value is -2.44. The molecule has 7 nitrogen and oxygen atoms in total. The van der Waals surface area contributed by atoms with Gasteiger partial charge in [0.1, 0.15) is 5.69 Å². The molecule has 2 N–H and O–H groups in total. The van der Waals surface area contributed by atoms with Crippen LogP contribution in [0.5, 0.6) is 0 Å². The average molecular weight is 305 g/mol. The van der Waals surface area contributed by atoms with Crippen molar-refractivity contribution < 1.29 is 19.5 Å². The number of aryl methyl sites for hydroxylation is 1. The fraction of sp³-hybridized carbons (Fsp3) is 0.467. The molecule has 0 bridgehead atoms. The average Bonchev–Trinajstić information content (AvgIpc) is 2.52. The molecule has 118 valence electrons. The molecule has 2 heterocycles. The molecule has 0 radical (unpaired) electrons. The molecule has 0 unspecified atom stereocenters. The van der Waals surface area contributed by atoms with Crippen molar-refractivity contribution in [3.05, 3.63) is 29.1 Å². The lowest BCUT2D eigenvalue weighted by Crippen LogP contribution is -2.42. The van der Waals surface area contributed by atoms with Crippen LogP contribution in [0, 0.1) is 6.92 Å². The molecule has 0 aromatic carbocycles. The minimum Gasteiger partial charge on any atom is -0.478 e. The van der Waals surface area contributed by atoms with E-state index < -0.39 is 11.9 Å². The van der Waals surface area contributed by atoms with Gasteiger partial charge in [0.05, 0.1) is 17.8 Å². The molecule has 2 amide bonds. The molecule has 0 aliphatic carbocycles. The number of rotatable bonds is 4. The van der Waals surface area contributed by atoms with Crippen LogP contribution in [0.2, 0.25) is 0 Å². The summed E-state index contributed by atoms with van der Waals surface area (Å²) in [5.74, 6) is -1.67. The molecule has 1 aromatic heterocycles. The summed E-state index contributed by atoms with van der Waals surface area (Å²) in [5, 5.41) is 11.5. The number of aromatic carboxylic acids is 1. The maximum absolute atomic E-state index is 12.0. The summed E-state index contributed by atoms with van der Waals surface area (Å²) in [4.78, 5) is 40.5. The molecule has 7 heteroatoms. The van der Waals surface area contributed by atoms with Gasteiger partial charge in [-0.05, 0) is 38.3 Å². The summed E-state index contributed by atoms with van der Waals surface area (Å²) in [6, 6.07) is 2.68. The molecular weight excluding hydrogens is 286 g/mol. The van der Waals surface area contributed by atoms with Crippen LogP contribution < -0.4 is 5.32 Å². The van der Waals surface area contributed by atoms with E-state index in [-0.39, 0.29) is 29.4 Å². The highest BCUT2D eigenvalue weighted by Crippen LogP contribution is 2.09. The van der Waals surface area contributed by atoms with Crippen LogP contribution in [-0.4, -0.2) is 52.4 Å². The molecule has 1 aliphatic rings. The highest BCUT2D eigenvalue weighted by Gasteiger charge is 2.18. The second kappa shape index (κ2) is 7.02. The molecular formula is C15H19N3O4. The summed E-state index contributed by atoms with van der Waals surface area (Å²) < 4.78 is 0. The lowest BCUT2D eigenvalue weighted by Gasteiger charge is -2.26. The van der Waals surface area contributed by atoms with Gasteiger partial charge < -0.3 is 15.3 Å². The van der Waals surface area contributed by atoms with Crippen molar-refractivity contribution in [3.8, 4) is 0 Å². The number of carboxylic acid groups (broad SMARTS) is 1. The first-order valence-corrected chi connectivity index (χ1v) is 7.26. The number of likely N-dealkylation sites (tertiary alicyclic amines) is 1. The number of hydrogen-bond acceptors (Lipinski definition) is 4. The van der Waals surface area contributed by atoms with Gasteiger partial charge in [0.15, 0.2) is 0 Å². The van der Waals surface area contributed by atoms with E-state index in [1.165, 1.54) is 19.1 Å². The number of carboxylic acids is 1. The minimum absolute atomic E-state index is 0.0564. The van der Waals surface area contributed by atoms with Crippen LogP contribution in [0.15, 0.2) is 12.1 Å². The number of nitrogens with zero attached hydrogens (tertiary/aromatic N) is 2. The smallest absolute Gasteiger partial charge is 0.337 e. The van der Waals surface area contributed by atoms with E-state index in [0.29, 0.717) is 0 Å². The van der Waals surface area contributed by atoms with E-state index in [1.54, 1.807) is 4.90 Å². The van der Waals surface area contributed by atoms with Gasteiger partial charge in [0.2, 0.25) is 5.91 Å². The van der Waals surface area contributed by atoms with E-state index in [1.807, 2.05) is 0 Å². The molecule has 0 spiro atoms. The van der Waals surface area contributed by atoms with E-state index in [0.717, 1.165) is 32.4 Å². The van der Waals surface area contributed by atoms with Crippen molar-refractivity contribution in [2.45, 2.75) is 26.2 Å². The topological polar surface area (TPSA) is 99.6 Å². The fourth-order valence-corrected chi connectivity index (χ4v) is 2.42. The lowest BCUT2D eigenvalue weighted by atomic mass is 10.1. The predicted molar refractivity (Wildman–Crippen MR) is 78.7 cm³/mol. The Morgan fingerprint density at radius 1 is 1.23 bits per heavy atom. The molecule has 0 saturated carbocycles. The Labute approximate surface area is 128 Å². The summed E-state index contributed by atoms with van der Waals surface area (Å²) in [7, 11) is 0. The Morgan fingerprint density at radius 2 is 1.91 bits per heavy atom. The number of carbonyl (C=O) groups excluding carboxylic acids is 2. The number of hydrogen-bond donors (Lipinski definition) is 2. The molecule has 1 aliphatic heterocycles. The summed E-state index contributed by atoms with van der Waals surface area (Å²) in [6.07, 6.45) is 3.13. The minimum atomic E-state index is -1.09. The van der Waals surface area contributed by atoms with E-state index in [9.17, 15) is 14.4 Å². The molecule has 1 fully saturated rings. The quantitative estimate of drug-likeness (QED) is 0.858. The maximum atomic E-state index is 12.0. The predicted octanol–water partition coefficient (Wildman–Crippen LogP) is 0.831. The number of pyridine rings is 1. The van der Waals surface area contributed by atoms with Crippen molar-refractivity contribution in [2.24, 2.45) is 0 Å². The molecule has 22 heavy (non-hydrogen) atoms. The van der Waals surface area contributed by atoms with Gasteiger partial charge in [-0.3, -0.25) is 9.59 Å². The fourth-order valence-electron chi connectivity index (χ4n) is 2.42. The monoisotopic (exact) mass is 305 g/mol. The number of aromatic nitrogens is 1. The summed E-state index contributed by atoms with van der Waals surface area (Å²) >= 11 is 0. The Balaban J connectivity index is 1.93. The van der Waals surface area contributed by atoms with Crippen LogP contribution >= 0.6 is 0 Å². The number of amides is 2. The zero-order chi connectivity index (χ0) is 16.1. The van der Waals surface area contributed by atoms with Crippen molar-refractivity contribution >= 4 is 17.8 Å². The second-order valence-corrected chi connectivity index (χ2v) is 5.26. The largest absolute Gasteiger partial charge is 0.478 e. The van der Waals surface area contributed by atoms with Gasteiger partial charge >= 0.3 is 5.97 Å². The third-order valence-corrected chi connectivity index (χ3v) is 3.66. The second-order valence-electron chi connectivity index (χ2n) is 5.26. The highest BCUT2D eigenvalue weighted by atomic mass is 16.4. The number of nitrogens with one attached hydrogen (secondary N) is 1. The summed E-state index contributed by atoms with van der Waals surface area (Å²) in [5.41, 5.74) is 0.428. The first-order valence-electron chi connectivity index (χ1n) is 7.26. The molecule has 1 saturated heterocycles. The maximum Gasteiger partial charge on any atom is 0.337 e. The molecule has 1 aromatic rings. The van der Waals surface area contributed by atoms with Crippen LogP contribution in [0.3, 0.4) is 0 Å². The Morgan fingerprint density at radius 3 is 2.50 bits per heavy atom. The molecule has 0 atom stereocenters. The van der Waals surface area contributed by atoms with Gasteiger partial charge in [-0.2, -0.15) is 0 Å². The van der Waals surface area contributed by atoms with E-state index in [2.05, 4.69) is 10.3 Å². The van der Waals surface area contributed by atoms with Gasteiger partial charge in [0.25, 0.3) is 5.91 Å². The first kappa shape index (κ1) is 15.9. The van der Waals surface area contributed by atoms with Crippen molar-refractivity contribution in [3.63, 3.8) is 0 Å². The zero-order valence-corrected chi connectivity index (χ0v) is 12.5. The van der Waals surface area contributed by atoms with E-state index in [4.69, 9.17) is 5.11 Å². The van der Waals surface area contributed by atoms with Crippen molar-refractivity contribution in [2.75, 3.05) is 19.6 Å². The lowest BCUT2D eigenvalue weighted by molar-refractivity contribution is -0.130. The Kier molecular flexibility index (Phi) is 5.08. The van der Waals surface area contributed by atoms with Crippen LogP contribution in [0.4, 0.5) is 0 Å². The van der Waals surface area contributed by atoms with Crippen LogP contribution in [0.25, 0.3) is 0 Å². The van der Waals surface area contributed by atoms with Crippen molar-refractivity contribution in [1.82, 2.24) is 15.2 Å². The number of piperidine rings is 1. The standard InChI is InChI=1S/C15H19N3O4/c1-10-11(15(21)22)5-6-12(17-10)14(20)16-9-13(19)18-7-3-2-4-8-18/h5-6H,2-4,7-9H2,1H3,(H,16,20)(H,21,22). The number of carbonyl (C=O) groups is 3. The van der Waals surface area contributed by atoms with E-state index >= 15 is 0 Å². The highest BCUT2D eigenvalue weighted by molar-refractivity contribution is 5.96. The van der Waals surface area contributed by atoms with Gasteiger partial charge in [-0.15, -0.1) is 0 Å². The van der Waals surface area contributed by atoms with Gasteiger partial charge in [0, 0.05) is 13.1 Å². The third kappa shape index (κ3) is 3.81. The zero-order valence-electron chi connectivity index (χ0n) is 12.5. The van der Waals surface area contributed by atoms with Crippen molar-refractivity contribution in [1.29, 1.82) is 0 Å². The SMILES string of the molecule is Cc1nc(C(=O)NCC(=O)N2CCCCC2)ccc1C(=O)O. The summed E-state index contributed by atoms with van der Waals surface area (Å²) in [6.45, 7) is 2.93. The molecule has 2 rings (SSSR count). The van der Waals surface area contributed by atoms with Crippen LogP contribution in [-0.2, 0) is 4.79 Å². The van der Waals surface area contributed by atoms with Crippen LogP contribution in [0.1, 0.15) is 45.8 Å². The van der Waals surface area contributed by atoms with Gasteiger partial charge in [-0.1, -0.05) is 0 Å². The normalized spacial score (nSPS) is 14.5.